The van der Waals surface area contributed by atoms with E-state index in [0.717, 1.165) is 0 Å². The second-order valence-electron chi connectivity index (χ2n) is 6.38. The van der Waals surface area contributed by atoms with Crippen LogP contribution < -0.4 is 30.2 Å². The third-order valence-electron chi connectivity index (χ3n) is 4.69. The summed E-state index contributed by atoms with van der Waals surface area (Å²) in [7, 11) is 4.58. The van der Waals surface area contributed by atoms with E-state index >= 15 is 0 Å². The number of benzene rings is 2. The molecule has 1 heterocycles. The molecule has 2 atom stereocenters. The van der Waals surface area contributed by atoms with E-state index in [0.29, 0.717) is 28.5 Å². The van der Waals surface area contributed by atoms with E-state index in [4.69, 9.17) is 14.2 Å². The monoisotopic (exact) mass is 397 g/mol. The molecule has 1 aliphatic rings. The van der Waals surface area contributed by atoms with Gasteiger partial charge in [0, 0.05) is 11.3 Å². The van der Waals surface area contributed by atoms with Gasteiger partial charge in [0.1, 0.15) is 23.2 Å². The van der Waals surface area contributed by atoms with Gasteiger partial charge in [-0.25, -0.2) is 4.79 Å². The molecular formula is C21H23N3O5. The minimum absolute atomic E-state index is 0.274. The van der Waals surface area contributed by atoms with Crippen LogP contribution in [0.15, 0.2) is 54.7 Å². The normalized spacial score (nSPS) is 18.3. The molecule has 1 aliphatic heterocycles. The number of ether oxygens (including phenoxy) is 3. The fraction of sp³-hybridized carbons (Fsp3) is 0.238. The summed E-state index contributed by atoms with van der Waals surface area (Å²) in [6.07, 6.45) is 0. The number of carbonyl (C=O) groups is 2. The van der Waals surface area contributed by atoms with Gasteiger partial charge >= 0.3 is 6.03 Å². The molecular weight excluding hydrogens is 374 g/mol. The molecule has 8 nitrogen and oxygen atoms in total. The van der Waals surface area contributed by atoms with Crippen molar-refractivity contribution in [2.24, 2.45) is 5.92 Å². The van der Waals surface area contributed by atoms with Crippen LogP contribution in [0.2, 0.25) is 0 Å². The number of rotatable bonds is 6. The number of anilines is 1. The van der Waals surface area contributed by atoms with E-state index in [1.165, 1.54) is 21.3 Å². The lowest BCUT2D eigenvalue weighted by Crippen LogP contribution is -2.51. The lowest BCUT2D eigenvalue weighted by atomic mass is 9.87. The second-order valence-corrected chi connectivity index (χ2v) is 6.38. The number of urea groups is 1. The molecule has 0 radical (unpaired) electrons. The van der Waals surface area contributed by atoms with E-state index in [2.05, 4.69) is 22.5 Å². The van der Waals surface area contributed by atoms with Gasteiger partial charge in [0.05, 0.1) is 33.1 Å². The summed E-state index contributed by atoms with van der Waals surface area (Å²) < 4.78 is 16.0. The Kier molecular flexibility index (Phi) is 5.92. The Labute approximate surface area is 168 Å². The lowest BCUT2D eigenvalue weighted by Gasteiger charge is -2.34. The fourth-order valence-corrected chi connectivity index (χ4v) is 3.29. The van der Waals surface area contributed by atoms with Gasteiger partial charge in [-0.1, -0.05) is 18.7 Å². The van der Waals surface area contributed by atoms with Crippen LogP contribution in [0.1, 0.15) is 11.6 Å². The maximum Gasteiger partial charge on any atom is 0.319 e. The zero-order valence-corrected chi connectivity index (χ0v) is 16.4. The molecule has 1 fully saturated rings. The number of para-hydroxylation sites is 2. The lowest BCUT2D eigenvalue weighted by molar-refractivity contribution is -0.119. The van der Waals surface area contributed by atoms with Gasteiger partial charge in [-0.05, 0) is 30.3 Å². The first kappa shape index (κ1) is 20.1. The maximum atomic E-state index is 13.2. The SMILES string of the molecule is C=C1NC(=O)N[C@@H](c2cc(OC)ccc2OC)[C@H]1C(=O)Nc1ccccc1OC. The predicted molar refractivity (Wildman–Crippen MR) is 108 cm³/mol. The van der Waals surface area contributed by atoms with E-state index in [1.807, 2.05) is 0 Å². The van der Waals surface area contributed by atoms with Crippen molar-refractivity contribution in [3.63, 3.8) is 0 Å². The smallest absolute Gasteiger partial charge is 0.319 e. The highest BCUT2D eigenvalue weighted by Gasteiger charge is 2.39. The van der Waals surface area contributed by atoms with E-state index in [-0.39, 0.29) is 11.6 Å². The Hall–Kier alpha value is -3.68. The summed E-state index contributed by atoms with van der Waals surface area (Å²) in [5, 5.41) is 8.23. The quantitative estimate of drug-likeness (QED) is 0.696. The molecule has 0 aromatic heterocycles. The summed E-state index contributed by atoms with van der Waals surface area (Å²) in [6.45, 7) is 3.89. The number of methoxy groups -OCH3 is 3. The van der Waals surface area contributed by atoms with Crippen molar-refractivity contribution in [2.45, 2.75) is 6.04 Å². The van der Waals surface area contributed by atoms with Gasteiger partial charge in [0.15, 0.2) is 0 Å². The Morgan fingerprint density at radius 3 is 2.45 bits per heavy atom. The van der Waals surface area contributed by atoms with Crippen LogP contribution in [0.5, 0.6) is 17.2 Å². The fourth-order valence-electron chi connectivity index (χ4n) is 3.29. The zero-order chi connectivity index (χ0) is 21.0. The molecule has 3 rings (SSSR count). The molecule has 0 aliphatic carbocycles. The van der Waals surface area contributed by atoms with Crippen molar-refractivity contribution in [1.29, 1.82) is 0 Å². The van der Waals surface area contributed by atoms with Crippen LogP contribution in [0, 0.1) is 5.92 Å². The van der Waals surface area contributed by atoms with E-state index < -0.39 is 18.0 Å². The topological polar surface area (TPSA) is 97.9 Å². The number of hydrogen-bond donors (Lipinski definition) is 3. The molecule has 0 bridgehead atoms. The van der Waals surface area contributed by atoms with Crippen LogP contribution in [-0.4, -0.2) is 33.3 Å². The molecule has 29 heavy (non-hydrogen) atoms. The van der Waals surface area contributed by atoms with Crippen molar-refractivity contribution >= 4 is 17.6 Å². The van der Waals surface area contributed by atoms with Crippen molar-refractivity contribution < 1.29 is 23.8 Å². The molecule has 2 aromatic rings. The highest BCUT2D eigenvalue weighted by atomic mass is 16.5. The third-order valence-corrected chi connectivity index (χ3v) is 4.69. The molecule has 0 spiro atoms. The van der Waals surface area contributed by atoms with Crippen LogP contribution >= 0.6 is 0 Å². The standard InChI is InChI=1S/C21H23N3O5/c1-12-18(20(25)23-15-7-5-6-8-17(15)29-4)19(24-21(26)22-12)14-11-13(27-2)9-10-16(14)28-3/h5-11,18-19H,1H2,2-4H3,(H,23,25)(H2,22,24,26)/t18-,19-/m0/s1. The molecule has 3 amide bonds. The summed E-state index contributed by atoms with van der Waals surface area (Å²) in [4.78, 5) is 25.3. The first-order valence-corrected chi connectivity index (χ1v) is 8.90. The largest absolute Gasteiger partial charge is 0.497 e. The molecule has 3 N–H and O–H groups in total. The average molecular weight is 397 g/mol. The first-order valence-electron chi connectivity index (χ1n) is 8.90. The summed E-state index contributed by atoms with van der Waals surface area (Å²) in [5.41, 5.74) is 1.39. The zero-order valence-electron chi connectivity index (χ0n) is 16.4. The molecule has 2 aromatic carbocycles. The van der Waals surface area contributed by atoms with Gasteiger partial charge in [0.2, 0.25) is 5.91 Å². The van der Waals surface area contributed by atoms with Crippen LogP contribution in [0.4, 0.5) is 10.5 Å². The number of amides is 3. The van der Waals surface area contributed by atoms with Crippen LogP contribution in [0.3, 0.4) is 0 Å². The average Bonchev–Trinajstić information content (AvgIpc) is 2.72. The van der Waals surface area contributed by atoms with Crippen LogP contribution in [0.25, 0.3) is 0 Å². The minimum atomic E-state index is -0.807. The molecule has 1 saturated heterocycles. The highest BCUT2D eigenvalue weighted by molar-refractivity contribution is 5.98. The Bertz CT molecular complexity index is 944. The van der Waals surface area contributed by atoms with Crippen molar-refractivity contribution in [2.75, 3.05) is 26.6 Å². The summed E-state index contributed by atoms with van der Waals surface area (Å²) in [5.74, 6) is 0.444. The van der Waals surface area contributed by atoms with Crippen molar-refractivity contribution in [3.8, 4) is 17.2 Å². The Balaban J connectivity index is 1.99. The van der Waals surface area contributed by atoms with Crippen LogP contribution in [-0.2, 0) is 4.79 Å². The van der Waals surface area contributed by atoms with Gasteiger partial charge in [-0.15, -0.1) is 0 Å². The molecule has 0 saturated carbocycles. The Morgan fingerprint density at radius 1 is 1.03 bits per heavy atom. The van der Waals surface area contributed by atoms with E-state index in [1.54, 1.807) is 42.5 Å². The van der Waals surface area contributed by atoms with E-state index in [9.17, 15) is 9.59 Å². The summed E-state index contributed by atoms with van der Waals surface area (Å²) >= 11 is 0. The number of hydrogen-bond acceptors (Lipinski definition) is 5. The second kappa shape index (κ2) is 8.55. The third kappa shape index (κ3) is 4.11. The van der Waals surface area contributed by atoms with Gasteiger partial charge in [-0.3, -0.25) is 4.79 Å². The molecule has 152 valence electrons. The summed E-state index contributed by atoms with van der Waals surface area (Å²) in [6, 6.07) is 11.1. The number of carbonyl (C=O) groups excluding carboxylic acids is 2. The van der Waals surface area contributed by atoms with Gasteiger partial charge < -0.3 is 30.2 Å². The minimum Gasteiger partial charge on any atom is -0.497 e. The molecule has 8 heteroatoms. The first-order chi connectivity index (χ1) is 14.0. The van der Waals surface area contributed by atoms with Gasteiger partial charge in [-0.2, -0.15) is 0 Å². The van der Waals surface area contributed by atoms with Crippen molar-refractivity contribution in [1.82, 2.24) is 10.6 Å². The molecule has 0 unspecified atom stereocenters. The van der Waals surface area contributed by atoms with Crippen molar-refractivity contribution in [3.05, 3.63) is 60.3 Å². The van der Waals surface area contributed by atoms with Gasteiger partial charge in [0.25, 0.3) is 0 Å². The maximum absolute atomic E-state index is 13.2. The Morgan fingerprint density at radius 2 is 1.76 bits per heavy atom. The highest BCUT2D eigenvalue weighted by Crippen LogP contribution is 2.38. The predicted octanol–water partition coefficient (Wildman–Crippen LogP) is 2.83. The number of nitrogens with one attached hydrogen (secondary N) is 3.